The van der Waals surface area contributed by atoms with Gasteiger partial charge in [-0.25, -0.2) is 12.4 Å². The van der Waals surface area contributed by atoms with Crippen LogP contribution >= 0.6 is 0 Å². The van der Waals surface area contributed by atoms with Crippen molar-refractivity contribution in [1.82, 2.24) is 3.97 Å². The predicted octanol–water partition coefficient (Wildman–Crippen LogP) is 4.07. The highest BCUT2D eigenvalue weighted by Gasteiger charge is 2.25. The summed E-state index contributed by atoms with van der Waals surface area (Å²) in [5, 5.41) is 0. The highest BCUT2D eigenvalue weighted by atomic mass is 32.2. The van der Waals surface area contributed by atoms with Crippen LogP contribution in [0.5, 0.6) is 0 Å². The third kappa shape index (κ3) is 3.80. The average Bonchev–Trinajstić information content (AvgIpc) is 2.98. The number of benzene rings is 2. The third-order valence-corrected chi connectivity index (χ3v) is 6.02. The van der Waals surface area contributed by atoms with Gasteiger partial charge in [0.25, 0.3) is 10.0 Å². The summed E-state index contributed by atoms with van der Waals surface area (Å²) in [5.41, 5.74) is 3.82. The van der Waals surface area contributed by atoms with Crippen LogP contribution in [0.4, 0.5) is 0 Å². The normalized spacial score (nSPS) is 11.4. The summed E-state index contributed by atoms with van der Waals surface area (Å²) in [6.07, 6.45) is 1.58. The summed E-state index contributed by atoms with van der Waals surface area (Å²) in [6.45, 7) is 4.92. The van der Waals surface area contributed by atoms with Gasteiger partial charge in [0, 0.05) is 18.7 Å². The Hall–Kier alpha value is -2.86. The van der Waals surface area contributed by atoms with Gasteiger partial charge in [-0.1, -0.05) is 48.0 Å². The van der Waals surface area contributed by atoms with Crippen molar-refractivity contribution >= 4 is 16.0 Å². The Morgan fingerprint density at radius 3 is 2.22 bits per heavy atom. The molecule has 0 aliphatic carbocycles. The minimum atomic E-state index is -3.82. The SMILES string of the molecule is CC(=O)OCc1c(-c2ccccc2)c(C)cn1S(=O)(=O)c1ccc(C)cc1. The molecule has 140 valence electrons. The number of rotatable bonds is 5. The second-order valence-electron chi connectivity index (χ2n) is 6.39. The number of aromatic nitrogens is 1. The van der Waals surface area contributed by atoms with Gasteiger partial charge in [-0.3, -0.25) is 4.79 Å². The molecule has 2 aromatic carbocycles. The monoisotopic (exact) mass is 383 g/mol. The van der Waals surface area contributed by atoms with Gasteiger partial charge in [-0.2, -0.15) is 0 Å². The van der Waals surface area contributed by atoms with Crippen LogP contribution in [0.2, 0.25) is 0 Å². The number of carbonyl (C=O) groups excluding carboxylic acids is 1. The number of nitrogens with zero attached hydrogens (tertiary/aromatic N) is 1. The molecule has 5 nitrogen and oxygen atoms in total. The molecule has 0 saturated heterocycles. The first-order valence-electron chi connectivity index (χ1n) is 8.52. The van der Waals surface area contributed by atoms with E-state index in [-0.39, 0.29) is 11.5 Å². The Morgan fingerprint density at radius 1 is 1.00 bits per heavy atom. The van der Waals surface area contributed by atoms with Gasteiger partial charge in [0.15, 0.2) is 0 Å². The van der Waals surface area contributed by atoms with Crippen molar-refractivity contribution in [3.63, 3.8) is 0 Å². The fourth-order valence-corrected chi connectivity index (χ4v) is 4.44. The number of hydrogen-bond donors (Lipinski definition) is 0. The first-order valence-corrected chi connectivity index (χ1v) is 9.96. The summed E-state index contributed by atoms with van der Waals surface area (Å²) in [7, 11) is -3.82. The van der Waals surface area contributed by atoms with Crippen LogP contribution < -0.4 is 0 Å². The topological polar surface area (TPSA) is 65.4 Å². The van der Waals surface area contributed by atoms with E-state index in [9.17, 15) is 13.2 Å². The van der Waals surface area contributed by atoms with E-state index in [1.54, 1.807) is 30.5 Å². The molecule has 0 aliphatic heterocycles. The molecule has 0 aliphatic rings. The van der Waals surface area contributed by atoms with Gasteiger partial charge in [0.2, 0.25) is 0 Å². The van der Waals surface area contributed by atoms with Crippen molar-refractivity contribution in [2.24, 2.45) is 0 Å². The van der Waals surface area contributed by atoms with Crippen molar-refractivity contribution in [3.8, 4) is 11.1 Å². The van der Waals surface area contributed by atoms with Gasteiger partial charge in [-0.05, 0) is 37.1 Å². The lowest BCUT2D eigenvalue weighted by Crippen LogP contribution is -2.16. The maximum Gasteiger partial charge on any atom is 0.303 e. The van der Waals surface area contributed by atoms with E-state index >= 15 is 0 Å². The first kappa shape index (κ1) is 18.9. The molecule has 27 heavy (non-hydrogen) atoms. The number of ether oxygens (including phenoxy) is 1. The third-order valence-electron chi connectivity index (χ3n) is 4.31. The number of carbonyl (C=O) groups is 1. The summed E-state index contributed by atoms with van der Waals surface area (Å²) in [6, 6.07) is 16.2. The van der Waals surface area contributed by atoms with Crippen LogP contribution in [0, 0.1) is 13.8 Å². The van der Waals surface area contributed by atoms with Crippen LogP contribution in [0.1, 0.15) is 23.7 Å². The van der Waals surface area contributed by atoms with E-state index < -0.39 is 16.0 Å². The zero-order chi connectivity index (χ0) is 19.6. The molecule has 0 spiro atoms. The largest absolute Gasteiger partial charge is 0.459 e. The zero-order valence-corrected chi connectivity index (χ0v) is 16.3. The van der Waals surface area contributed by atoms with E-state index in [4.69, 9.17) is 4.74 Å². The van der Waals surface area contributed by atoms with E-state index in [2.05, 4.69) is 0 Å². The molecule has 6 heteroatoms. The van der Waals surface area contributed by atoms with E-state index in [0.29, 0.717) is 5.69 Å². The molecule has 0 amide bonds. The molecule has 0 atom stereocenters. The average molecular weight is 383 g/mol. The molecule has 0 fully saturated rings. The highest BCUT2D eigenvalue weighted by Crippen LogP contribution is 2.32. The maximum atomic E-state index is 13.2. The Labute approximate surface area is 159 Å². The Bertz CT molecular complexity index is 1070. The second kappa shape index (κ2) is 7.40. The lowest BCUT2D eigenvalue weighted by molar-refractivity contribution is -0.142. The lowest BCUT2D eigenvalue weighted by Gasteiger charge is -2.13. The fraction of sp³-hybridized carbons (Fsp3) is 0.190. The summed E-state index contributed by atoms with van der Waals surface area (Å²) < 4.78 is 32.9. The van der Waals surface area contributed by atoms with Crippen LogP contribution in [-0.4, -0.2) is 18.4 Å². The van der Waals surface area contributed by atoms with Crippen molar-refractivity contribution in [1.29, 1.82) is 0 Å². The van der Waals surface area contributed by atoms with Crippen molar-refractivity contribution in [3.05, 3.63) is 77.6 Å². The smallest absolute Gasteiger partial charge is 0.303 e. The standard InChI is InChI=1S/C21H21NO4S/c1-15-9-11-19(12-10-15)27(24,25)22-13-16(2)21(18-7-5-4-6-8-18)20(22)14-26-17(3)23/h4-13H,14H2,1-3H3. The molecule has 0 saturated carbocycles. The molecule has 3 rings (SSSR count). The molecule has 0 unspecified atom stereocenters. The molecular formula is C21H21NO4S. The predicted molar refractivity (Wildman–Crippen MR) is 104 cm³/mol. The van der Waals surface area contributed by atoms with Crippen LogP contribution in [0.15, 0.2) is 65.7 Å². The fourth-order valence-electron chi connectivity index (χ4n) is 3.00. The minimum Gasteiger partial charge on any atom is -0.459 e. The Kier molecular flexibility index (Phi) is 5.19. The van der Waals surface area contributed by atoms with Crippen LogP contribution in [-0.2, 0) is 26.2 Å². The number of hydrogen-bond acceptors (Lipinski definition) is 4. The van der Waals surface area contributed by atoms with Gasteiger partial charge in [0.1, 0.15) is 6.61 Å². The molecule has 1 aromatic heterocycles. The second-order valence-corrected chi connectivity index (χ2v) is 8.21. The van der Waals surface area contributed by atoms with Crippen LogP contribution in [0.25, 0.3) is 11.1 Å². The quantitative estimate of drug-likeness (QED) is 0.623. The summed E-state index contributed by atoms with van der Waals surface area (Å²) in [5.74, 6) is -0.466. The zero-order valence-electron chi connectivity index (χ0n) is 15.5. The van der Waals surface area contributed by atoms with Gasteiger partial charge >= 0.3 is 5.97 Å². The van der Waals surface area contributed by atoms with Crippen molar-refractivity contribution in [2.45, 2.75) is 32.3 Å². The first-order chi connectivity index (χ1) is 12.8. The van der Waals surface area contributed by atoms with Crippen molar-refractivity contribution < 1.29 is 17.9 Å². The molecule has 0 bridgehead atoms. The highest BCUT2D eigenvalue weighted by molar-refractivity contribution is 7.90. The molecule has 0 N–H and O–H groups in total. The molecule has 0 radical (unpaired) electrons. The Balaban J connectivity index is 2.20. The molecule has 1 heterocycles. The summed E-state index contributed by atoms with van der Waals surface area (Å²) in [4.78, 5) is 11.5. The van der Waals surface area contributed by atoms with E-state index in [0.717, 1.165) is 22.3 Å². The summed E-state index contributed by atoms with van der Waals surface area (Å²) >= 11 is 0. The Morgan fingerprint density at radius 2 is 1.63 bits per heavy atom. The van der Waals surface area contributed by atoms with E-state index in [1.165, 1.54) is 10.9 Å². The van der Waals surface area contributed by atoms with Crippen molar-refractivity contribution in [2.75, 3.05) is 0 Å². The van der Waals surface area contributed by atoms with E-state index in [1.807, 2.05) is 44.2 Å². The molecular weight excluding hydrogens is 362 g/mol. The number of aryl methyl sites for hydroxylation is 2. The van der Waals surface area contributed by atoms with Gasteiger partial charge in [-0.15, -0.1) is 0 Å². The van der Waals surface area contributed by atoms with Gasteiger partial charge in [0.05, 0.1) is 10.6 Å². The maximum absolute atomic E-state index is 13.2. The number of esters is 1. The lowest BCUT2D eigenvalue weighted by atomic mass is 10.0. The van der Waals surface area contributed by atoms with Gasteiger partial charge < -0.3 is 4.74 Å². The van der Waals surface area contributed by atoms with Crippen LogP contribution in [0.3, 0.4) is 0 Å². The molecule has 3 aromatic rings. The minimum absolute atomic E-state index is 0.126.